The highest BCUT2D eigenvalue weighted by molar-refractivity contribution is 5.99. The first-order valence-electron chi connectivity index (χ1n) is 6.81. The molecular formula is C15H21ClN2O. The first-order valence-corrected chi connectivity index (χ1v) is 6.81. The van der Waals surface area contributed by atoms with Gasteiger partial charge in [0.25, 0.3) is 0 Å². The number of amides is 1. The van der Waals surface area contributed by atoms with Crippen LogP contribution >= 0.6 is 12.4 Å². The standard InChI is InChI=1S/C15H20N2O.ClH/c1-15(8-4-9-16-11-15)14(18)17-10-7-12-5-2-3-6-13(12)17;/h2-3,5-6,16H,4,7-11H2,1H3;1H. The predicted molar refractivity (Wildman–Crippen MR) is 80.0 cm³/mol. The first-order chi connectivity index (χ1) is 8.71. The average Bonchev–Trinajstić information content (AvgIpc) is 2.82. The Morgan fingerprint density at radius 1 is 1.37 bits per heavy atom. The molecule has 1 atom stereocenters. The Labute approximate surface area is 120 Å². The van der Waals surface area contributed by atoms with Crippen LogP contribution in [-0.2, 0) is 11.2 Å². The van der Waals surface area contributed by atoms with E-state index in [0.717, 1.165) is 44.6 Å². The summed E-state index contributed by atoms with van der Waals surface area (Å²) in [6, 6.07) is 8.27. The van der Waals surface area contributed by atoms with Crippen molar-refractivity contribution in [3.05, 3.63) is 29.8 Å². The zero-order chi connectivity index (χ0) is 12.6. The molecule has 0 spiro atoms. The third-order valence-electron chi connectivity index (χ3n) is 4.25. The van der Waals surface area contributed by atoms with Crippen molar-refractivity contribution in [1.29, 1.82) is 0 Å². The summed E-state index contributed by atoms with van der Waals surface area (Å²) in [5.74, 6) is 0.291. The molecule has 3 nitrogen and oxygen atoms in total. The maximum Gasteiger partial charge on any atom is 0.234 e. The number of rotatable bonds is 1. The number of para-hydroxylation sites is 1. The Kier molecular flexibility index (Phi) is 4.16. The Morgan fingerprint density at radius 3 is 2.89 bits per heavy atom. The third kappa shape index (κ3) is 2.49. The smallest absolute Gasteiger partial charge is 0.234 e. The van der Waals surface area contributed by atoms with E-state index in [-0.39, 0.29) is 17.8 Å². The van der Waals surface area contributed by atoms with E-state index < -0.39 is 0 Å². The van der Waals surface area contributed by atoms with Gasteiger partial charge < -0.3 is 10.2 Å². The molecule has 1 saturated heterocycles. The van der Waals surface area contributed by atoms with Gasteiger partial charge in [0, 0.05) is 18.8 Å². The highest BCUT2D eigenvalue weighted by Gasteiger charge is 2.39. The molecule has 1 N–H and O–H groups in total. The topological polar surface area (TPSA) is 32.3 Å². The summed E-state index contributed by atoms with van der Waals surface area (Å²) in [5, 5.41) is 3.36. The van der Waals surface area contributed by atoms with Crippen LogP contribution in [0.4, 0.5) is 5.69 Å². The lowest BCUT2D eigenvalue weighted by Gasteiger charge is -2.36. The van der Waals surface area contributed by atoms with Crippen molar-refractivity contribution < 1.29 is 4.79 Å². The van der Waals surface area contributed by atoms with E-state index in [9.17, 15) is 4.79 Å². The number of carbonyl (C=O) groups excluding carboxylic acids is 1. The summed E-state index contributed by atoms with van der Waals surface area (Å²) in [5.41, 5.74) is 2.20. The molecule has 1 amide bonds. The molecule has 104 valence electrons. The molecule has 1 aromatic carbocycles. The van der Waals surface area contributed by atoms with Crippen LogP contribution in [0.15, 0.2) is 24.3 Å². The average molecular weight is 281 g/mol. The normalized spacial score (nSPS) is 25.6. The number of hydrogen-bond donors (Lipinski definition) is 1. The fourth-order valence-corrected chi connectivity index (χ4v) is 3.11. The van der Waals surface area contributed by atoms with Gasteiger partial charge in [0.1, 0.15) is 0 Å². The molecule has 0 bridgehead atoms. The lowest BCUT2D eigenvalue weighted by Crippen LogP contribution is -2.50. The molecule has 0 aliphatic carbocycles. The maximum absolute atomic E-state index is 12.8. The molecule has 2 aliphatic rings. The van der Waals surface area contributed by atoms with Crippen molar-refractivity contribution in [2.75, 3.05) is 24.5 Å². The minimum atomic E-state index is -0.226. The van der Waals surface area contributed by atoms with E-state index in [1.54, 1.807) is 0 Å². The number of nitrogens with one attached hydrogen (secondary N) is 1. The number of fused-ring (bicyclic) bond motifs is 1. The number of hydrogen-bond acceptors (Lipinski definition) is 2. The van der Waals surface area contributed by atoms with Gasteiger partial charge >= 0.3 is 0 Å². The Bertz CT molecular complexity index is 469. The summed E-state index contributed by atoms with van der Waals surface area (Å²) in [6.07, 6.45) is 3.08. The van der Waals surface area contributed by atoms with Crippen molar-refractivity contribution in [2.45, 2.75) is 26.2 Å². The van der Waals surface area contributed by atoms with Crippen molar-refractivity contribution in [1.82, 2.24) is 5.32 Å². The second-order valence-corrected chi connectivity index (χ2v) is 5.68. The van der Waals surface area contributed by atoms with Crippen LogP contribution in [0.5, 0.6) is 0 Å². The van der Waals surface area contributed by atoms with Gasteiger partial charge in [0.15, 0.2) is 0 Å². The van der Waals surface area contributed by atoms with E-state index in [1.165, 1.54) is 5.56 Å². The number of carbonyl (C=O) groups is 1. The van der Waals surface area contributed by atoms with Crippen molar-refractivity contribution in [3.8, 4) is 0 Å². The summed E-state index contributed by atoms with van der Waals surface area (Å²) in [6.45, 7) is 4.79. The van der Waals surface area contributed by atoms with Crippen LogP contribution in [-0.4, -0.2) is 25.5 Å². The van der Waals surface area contributed by atoms with Crippen molar-refractivity contribution in [3.63, 3.8) is 0 Å². The number of benzene rings is 1. The zero-order valence-corrected chi connectivity index (χ0v) is 12.1. The van der Waals surface area contributed by atoms with Crippen molar-refractivity contribution in [2.24, 2.45) is 5.41 Å². The van der Waals surface area contributed by atoms with Gasteiger partial charge in [-0.05, 0) is 44.4 Å². The molecular weight excluding hydrogens is 260 g/mol. The van der Waals surface area contributed by atoms with E-state index in [1.807, 2.05) is 11.0 Å². The van der Waals surface area contributed by atoms with Crippen LogP contribution in [0.3, 0.4) is 0 Å². The third-order valence-corrected chi connectivity index (χ3v) is 4.25. The summed E-state index contributed by atoms with van der Waals surface area (Å²) >= 11 is 0. The van der Waals surface area contributed by atoms with Crippen LogP contribution in [0.1, 0.15) is 25.3 Å². The fraction of sp³-hybridized carbons (Fsp3) is 0.533. The molecule has 0 radical (unpaired) electrons. The van der Waals surface area contributed by atoms with E-state index in [0.29, 0.717) is 5.91 Å². The van der Waals surface area contributed by atoms with E-state index >= 15 is 0 Å². The quantitative estimate of drug-likeness (QED) is 0.857. The number of piperidine rings is 1. The van der Waals surface area contributed by atoms with E-state index in [2.05, 4.69) is 30.4 Å². The summed E-state index contributed by atoms with van der Waals surface area (Å²) in [4.78, 5) is 14.8. The SMILES string of the molecule is CC1(C(=O)N2CCc3ccccc32)CCCNC1.Cl. The Balaban J connectivity index is 0.00000133. The summed E-state index contributed by atoms with van der Waals surface area (Å²) in [7, 11) is 0. The Hall–Kier alpha value is -1.06. The highest BCUT2D eigenvalue weighted by Crippen LogP contribution is 2.34. The minimum absolute atomic E-state index is 0. The summed E-state index contributed by atoms with van der Waals surface area (Å²) < 4.78 is 0. The van der Waals surface area contributed by atoms with Gasteiger partial charge in [-0.15, -0.1) is 12.4 Å². The lowest BCUT2D eigenvalue weighted by molar-refractivity contribution is -0.128. The molecule has 2 aliphatic heterocycles. The van der Waals surface area contributed by atoms with Gasteiger partial charge in [-0.1, -0.05) is 18.2 Å². The van der Waals surface area contributed by atoms with E-state index in [4.69, 9.17) is 0 Å². The first kappa shape index (κ1) is 14.4. The molecule has 2 heterocycles. The molecule has 0 saturated carbocycles. The van der Waals surface area contributed by atoms with Crippen molar-refractivity contribution >= 4 is 24.0 Å². The van der Waals surface area contributed by atoms with Gasteiger partial charge in [-0.3, -0.25) is 4.79 Å². The molecule has 3 rings (SSSR count). The second kappa shape index (κ2) is 5.51. The number of nitrogens with zero attached hydrogens (tertiary/aromatic N) is 1. The van der Waals surface area contributed by atoms with Gasteiger partial charge in [0.2, 0.25) is 5.91 Å². The molecule has 0 aromatic heterocycles. The van der Waals surface area contributed by atoms with Crippen LogP contribution in [0.25, 0.3) is 0 Å². The molecule has 1 unspecified atom stereocenters. The largest absolute Gasteiger partial charge is 0.316 e. The van der Waals surface area contributed by atoms with Crippen LogP contribution in [0.2, 0.25) is 0 Å². The van der Waals surface area contributed by atoms with Crippen LogP contribution in [0, 0.1) is 5.41 Å². The highest BCUT2D eigenvalue weighted by atomic mass is 35.5. The van der Waals surface area contributed by atoms with Gasteiger partial charge in [-0.25, -0.2) is 0 Å². The molecule has 1 aromatic rings. The monoisotopic (exact) mass is 280 g/mol. The lowest BCUT2D eigenvalue weighted by atomic mass is 9.81. The molecule has 1 fully saturated rings. The van der Waals surface area contributed by atoms with Gasteiger partial charge in [-0.2, -0.15) is 0 Å². The maximum atomic E-state index is 12.8. The predicted octanol–water partition coefficient (Wildman–Crippen LogP) is 2.39. The minimum Gasteiger partial charge on any atom is -0.316 e. The number of anilines is 1. The zero-order valence-electron chi connectivity index (χ0n) is 11.3. The number of halogens is 1. The molecule has 4 heteroatoms. The van der Waals surface area contributed by atoms with Gasteiger partial charge in [0.05, 0.1) is 5.41 Å². The fourth-order valence-electron chi connectivity index (χ4n) is 3.11. The second-order valence-electron chi connectivity index (χ2n) is 5.68. The Morgan fingerprint density at radius 2 is 2.16 bits per heavy atom. The van der Waals surface area contributed by atoms with Crippen LogP contribution < -0.4 is 10.2 Å². The molecule has 19 heavy (non-hydrogen) atoms.